The van der Waals surface area contributed by atoms with E-state index in [0.717, 1.165) is 0 Å². The molecule has 3 rings (SSSR count). The summed E-state index contributed by atoms with van der Waals surface area (Å²) in [7, 11) is 2.92. The average Bonchev–Trinajstić information content (AvgIpc) is 2.91. The number of pyridine rings is 2. The van der Waals surface area contributed by atoms with E-state index in [-0.39, 0.29) is 42.5 Å². The van der Waals surface area contributed by atoms with Gasteiger partial charge >= 0.3 is 5.97 Å². The molecule has 37 heavy (non-hydrogen) atoms. The first-order valence-electron chi connectivity index (χ1n) is 11.4. The molecule has 0 spiro atoms. The Bertz CT molecular complexity index is 1270. The van der Waals surface area contributed by atoms with Crippen LogP contribution in [0.25, 0.3) is 0 Å². The molecule has 2 aromatic heterocycles. The van der Waals surface area contributed by atoms with Crippen LogP contribution in [0.15, 0.2) is 48.8 Å². The van der Waals surface area contributed by atoms with Crippen molar-refractivity contribution in [1.29, 1.82) is 0 Å². The van der Waals surface area contributed by atoms with Crippen LogP contribution in [0.5, 0.6) is 5.75 Å². The van der Waals surface area contributed by atoms with Crippen molar-refractivity contribution >= 4 is 40.8 Å². The van der Waals surface area contributed by atoms with E-state index in [0.29, 0.717) is 28.6 Å². The van der Waals surface area contributed by atoms with Gasteiger partial charge < -0.3 is 35.8 Å². The van der Waals surface area contributed by atoms with Crippen LogP contribution in [0, 0.1) is 0 Å². The van der Waals surface area contributed by atoms with Crippen molar-refractivity contribution in [1.82, 2.24) is 20.6 Å². The molecule has 0 saturated carbocycles. The highest BCUT2D eigenvalue weighted by molar-refractivity contribution is 6.02. The number of ether oxygens (including phenoxy) is 2. The first-order valence-corrected chi connectivity index (χ1v) is 11.4. The van der Waals surface area contributed by atoms with Gasteiger partial charge in [0.15, 0.2) is 5.75 Å². The molecular formula is C25H28N6O6. The smallest absolute Gasteiger partial charge is 0.339 e. The van der Waals surface area contributed by atoms with Gasteiger partial charge in [-0.25, -0.2) is 14.8 Å². The van der Waals surface area contributed by atoms with Crippen LogP contribution >= 0.6 is 0 Å². The normalized spacial score (nSPS) is 10.3. The fraction of sp³-hybridized carbons (Fsp3) is 0.240. The lowest BCUT2D eigenvalue weighted by Gasteiger charge is -2.17. The van der Waals surface area contributed by atoms with Crippen molar-refractivity contribution in [2.45, 2.75) is 6.92 Å². The van der Waals surface area contributed by atoms with Crippen molar-refractivity contribution < 1.29 is 29.0 Å². The van der Waals surface area contributed by atoms with E-state index in [1.54, 1.807) is 43.3 Å². The Balaban J connectivity index is 1.92. The highest BCUT2D eigenvalue weighted by Crippen LogP contribution is 2.33. The van der Waals surface area contributed by atoms with Crippen LogP contribution in [0.1, 0.15) is 38.0 Å². The van der Waals surface area contributed by atoms with Crippen LogP contribution in [0.2, 0.25) is 0 Å². The Morgan fingerprint density at radius 2 is 1.73 bits per heavy atom. The van der Waals surface area contributed by atoms with Gasteiger partial charge in [-0.3, -0.25) is 9.59 Å². The number of nitrogens with zero attached hydrogens (tertiary/aromatic N) is 2. The maximum absolute atomic E-state index is 12.5. The summed E-state index contributed by atoms with van der Waals surface area (Å²) >= 11 is 0. The molecule has 0 aliphatic heterocycles. The number of esters is 1. The van der Waals surface area contributed by atoms with Gasteiger partial charge in [0, 0.05) is 32.1 Å². The van der Waals surface area contributed by atoms with Crippen molar-refractivity contribution in [2.75, 3.05) is 44.5 Å². The number of methoxy groups -OCH3 is 1. The first kappa shape index (κ1) is 26.9. The number of carbonyl (C=O) groups is 3. The zero-order chi connectivity index (χ0) is 26.8. The third-order valence-electron chi connectivity index (χ3n) is 5.04. The highest BCUT2D eigenvalue weighted by Gasteiger charge is 2.19. The second-order valence-corrected chi connectivity index (χ2v) is 7.46. The molecule has 3 aromatic rings. The lowest BCUT2D eigenvalue weighted by Crippen LogP contribution is -2.26. The molecule has 0 aliphatic carbocycles. The Hall–Kier alpha value is -4.71. The van der Waals surface area contributed by atoms with Gasteiger partial charge in [-0.15, -0.1) is 0 Å². The van der Waals surface area contributed by atoms with Crippen molar-refractivity contribution in [2.24, 2.45) is 0 Å². The number of anilines is 4. The predicted octanol–water partition coefficient (Wildman–Crippen LogP) is 2.23. The van der Waals surface area contributed by atoms with Crippen LogP contribution in [-0.2, 0) is 4.74 Å². The van der Waals surface area contributed by atoms with Gasteiger partial charge in [0.1, 0.15) is 11.6 Å². The fourth-order valence-corrected chi connectivity index (χ4v) is 3.32. The number of rotatable bonds is 11. The number of hydrogen-bond acceptors (Lipinski definition) is 10. The summed E-state index contributed by atoms with van der Waals surface area (Å²) in [5.74, 6) is -0.239. The molecule has 194 valence electrons. The van der Waals surface area contributed by atoms with E-state index >= 15 is 0 Å². The topological polar surface area (TPSA) is 164 Å². The maximum Gasteiger partial charge on any atom is 0.339 e. The van der Waals surface area contributed by atoms with Crippen molar-refractivity contribution in [3.8, 4) is 5.75 Å². The fourth-order valence-electron chi connectivity index (χ4n) is 3.32. The molecule has 2 amide bonds. The predicted molar refractivity (Wildman–Crippen MR) is 137 cm³/mol. The monoisotopic (exact) mass is 508 g/mol. The standard InChI is InChI=1S/C25H28N6O6/c1-4-37-25(35)15-8-9-20(28-13-15)31-21-12-19(17(14-29-21)23(33)26-2)30-18-7-5-6-16(22(18)36-3)24(34)27-10-11-32/h5-9,12-14,32H,4,10-11H2,1-3H3,(H,26,33)(H,27,34)(H2,28,29,30,31). The van der Waals surface area contributed by atoms with E-state index in [1.807, 2.05) is 0 Å². The highest BCUT2D eigenvalue weighted by atomic mass is 16.5. The van der Waals surface area contributed by atoms with Gasteiger partial charge in [-0.05, 0) is 31.2 Å². The molecule has 12 nitrogen and oxygen atoms in total. The number of hydrogen-bond donors (Lipinski definition) is 5. The minimum Gasteiger partial charge on any atom is -0.494 e. The number of benzene rings is 1. The van der Waals surface area contributed by atoms with E-state index in [4.69, 9.17) is 14.6 Å². The molecule has 5 N–H and O–H groups in total. The number of carbonyl (C=O) groups excluding carboxylic acids is 3. The quantitative estimate of drug-likeness (QED) is 0.243. The van der Waals surface area contributed by atoms with Crippen LogP contribution in [0.4, 0.5) is 23.0 Å². The average molecular weight is 509 g/mol. The third-order valence-corrected chi connectivity index (χ3v) is 5.04. The maximum atomic E-state index is 12.5. The number of para-hydroxylation sites is 1. The van der Waals surface area contributed by atoms with Crippen LogP contribution in [-0.4, -0.2) is 66.8 Å². The van der Waals surface area contributed by atoms with Gasteiger partial charge in [-0.1, -0.05) is 6.07 Å². The van der Waals surface area contributed by atoms with Gasteiger partial charge in [0.05, 0.1) is 48.4 Å². The Labute approximate surface area is 213 Å². The molecular weight excluding hydrogens is 480 g/mol. The molecule has 12 heteroatoms. The molecule has 2 heterocycles. The largest absolute Gasteiger partial charge is 0.494 e. The minimum absolute atomic E-state index is 0.0919. The molecule has 0 bridgehead atoms. The minimum atomic E-state index is -0.470. The zero-order valence-corrected chi connectivity index (χ0v) is 20.6. The zero-order valence-electron chi connectivity index (χ0n) is 20.6. The van der Waals surface area contributed by atoms with Gasteiger partial charge in [0.2, 0.25) is 0 Å². The van der Waals surface area contributed by atoms with Crippen LogP contribution in [0.3, 0.4) is 0 Å². The van der Waals surface area contributed by atoms with Crippen molar-refractivity contribution in [3.05, 3.63) is 65.5 Å². The molecule has 0 saturated heterocycles. The summed E-state index contributed by atoms with van der Waals surface area (Å²) in [5, 5.41) is 20.3. The summed E-state index contributed by atoms with van der Waals surface area (Å²) in [6, 6.07) is 9.71. The van der Waals surface area contributed by atoms with E-state index in [9.17, 15) is 14.4 Å². The molecule has 0 atom stereocenters. The number of amides is 2. The lowest BCUT2D eigenvalue weighted by atomic mass is 10.1. The second kappa shape index (κ2) is 12.8. The number of aromatic nitrogens is 2. The van der Waals surface area contributed by atoms with Crippen LogP contribution < -0.4 is 26.0 Å². The van der Waals surface area contributed by atoms with E-state index in [1.165, 1.54) is 26.6 Å². The number of aliphatic hydroxyl groups is 1. The number of aliphatic hydroxyl groups excluding tert-OH is 1. The molecule has 0 fully saturated rings. The SMILES string of the molecule is CCOC(=O)c1ccc(Nc2cc(Nc3cccc(C(=O)NCCO)c3OC)c(C(=O)NC)cn2)nc1. The third kappa shape index (κ3) is 6.70. The Morgan fingerprint density at radius 1 is 0.946 bits per heavy atom. The molecule has 0 radical (unpaired) electrons. The molecule has 0 unspecified atom stereocenters. The Kier molecular flexibility index (Phi) is 9.33. The molecule has 0 aliphatic rings. The summed E-state index contributed by atoms with van der Waals surface area (Å²) < 4.78 is 10.4. The molecule has 1 aromatic carbocycles. The number of nitrogens with one attached hydrogen (secondary N) is 4. The van der Waals surface area contributed by atoms with Crippen molar-refractivity contribution in [3.63, 3.8) is 0 Å². The summed E-state index contributed by atoms with van der Waals surface area (Å²) in [4.78, 5) is 45.4. The van der Waals surface area contributed by atoms with Gasteiger partial charge in [-0.2, -0.15) is 0 Å². The summed E-state index contributed by atoms with van der Waals surface area (Å²) in [6.45, 7) is 1.87. The summed E-state index contributed by atoms with van der Waals surface area (Å²) in [5.41, 5.74) is 1.62. The lowest BCUT2D eigenvalue weighted by molar-refractivity contribution is 0.0525. The Morgan fingerprint density at radius 3 is 2.38 bits per heavy atom. The summed E-state index contributed by atoms with van der Waals surface area (Å²) in [6.07, 6.45) is 2.78. The van der Waals surface area contributed by atoms with Gasteiger partial charge in [0.25, 0.3) is 11.8 Å². The van der Waals surface area contributed by atoms with E-state index < -0.39 is 11.9 Å². The van der Waals surface area contributed by atoms with E-state index in [2.05, 4.69) is 31.2 Å². The first-order chi connectivity index (χ1) is 17.9. The second-order valence-electron chi connectivity index (χ2n) is 7.46.